The van der Waals surface area contributed by atoms with E-state index in [0.717, 1.165) is 17.1 Å². The molecule has 2 aromatic rings. The maximum absolute atomic E-state index is 13.0. The zero-order chi connectivity index (χ0) is 22.2. The van der Waals surface area contributed by atoms with E-state index in [1.165, 1.54) is 30.9 Å². The number of carbonyl (C=O) groups is 1. The molecule has 0 bridgehead atoms. The van der Waals surface area contributed by atoms with Crippen LogP contribution in [0.2, 0.25) is 0 Å². The summed E-state index contributed by atoms with van der Waals surface area (Å²) in [5.41, 5.74) is 0.289. The first-order valence-electron chi connectivity index (χ1n) is 10.0. The van der Waals surface area contributed by atoms with Crippen LogP contribution >= 0.6 is 0 Å². The molecule has 0 saturated carbocycles. The Morgan fingerprint density at radius 3 is 2.40 bits per heavy atom. The Morgan fingerprint density at radius 2 is 1.83 bits per heavy atom. The highest BCUT2D eigenvalue weighted by atomic mass is 32.2. The van der Waals surface area contributed by atoms with Crippen molar-refractivity contribution in [1.82, 2.24) is 23.6 Å². The number of sulfonamides is 1. The van der Waals surface area contributed by atoms with Gasteiger partial charge >= 0.3 is 5.69 Å². The Hall–Kier alpha value is -2.46. The summed E-state index contributed by atoms with van der Waals surface area (Å²) in [6.45, 7) is 4.98. The summed E-state index contributed by atoms with van der Waals surface area (Å²) < 4.78 is 28.6. The highest BCUT2D eigenvalue weighted by Crippen LogP contribution is 2.27. The maximum atomic E-state index is 13.0. The van der Waals surface area contributed by atoms with Crippen molar-refractivity contribution in [3.8, 4) is 0 Å². The summed E-state index contributed by atoms with van der Waals surface area (Å²) in [6.07, 6.45) is 1.67. The van der Waals surface area contributed by atoms with Crippen molar-refractivity contribution >= 4 is 15.9 Å². The Bertz CT molecular complexity index is 1080. The molecule has 1 atom stereocenters. The van der Waals surface area contributed by atoms with Crippen LogP contribution in [0.3, 0.4) is 0 Å². The maximum Gasteiger partial charge on any atom is 0.345 e. The molecule has 0 aliphatic carbocycles. The molecule has 0 spiro atoms. The minimum Gasteiger partial charge on any atom is -0.338 e. The predicted molar refractivity (Wildman–Crippen MR) is 113 cm³/mol. The molecule has 30 heavy (non-hydrogen) atoms. The number of hydrogen-bond acceptors (Lipinski definition) is 5. The average molecular weight is 436 g/mol. The third-order valence-corrected chi connectivity index (χ3v) is 7.28. The number of nitrogens with zero attached hydrogens (tertiary/aromatic N) is 5. The molecule has 1 aliphatic heterocycles. The number of likely N-dealkylation sites (tertiary alicyclic amines) is 1. The summed E-state index contributed by atoms with van der Waals surface area (Å²) in [5.74, 6) is 0.540. The molecular formula is C20H29N5O4S. The van der Waals surface area contributed by atoms with Gasteiger partial charge in [-0.25, -0.2) is 22.2 Å². The van der Waals surface area contributed by atoms with Crippen LogP contribution in [0.4, 0.5) is 0 Å². The number of benzene rings is 1. The Morgan fingerprint density at radius 1 is 1.20 bits per heavy atom. The zero-order valence-corrected chi connectivity index (χ0v) is 18.9. The average Bonchev–Trinajstić information content (AvgIpc) is 3.02. The van der Waals surface area contributed by atoms with Crippen molar-refractivity contribution in [2.24, 2.45) is 7.05 Å². The van der Waals surface area contributed by atoms with Crippen molar-refractivity contribution in [1.29, 1.82) is 0 Å². The third kappa shape index (κ3) is 4.06. The van der Waals surface area contributed by atoms with Gasteiger partial charge in [-0.3, -0.25) is 9.36 Å². The second-order valence-electron chi connectivity index (χ2n) is 8.13. The van der Waals surface area contributed by atoms with Gasteiger partial charge in [0.25, 0.3) is 5.91 Å². The molecule has 9 nitrogen and oxygen atoms in total. The van der Waals surface area contributed by atoms with Gasteiger partial charge in [0.15, 0.2) is 0 Å². The number of aryl methyl sites for hydroxylation is 1. The summed E-state index contributed by atoms with van der Waals surface area (Å²) in [4.78, 5) is 27.3. The molecule has 1 aromatic heterocycles. The van der Waals surface area contributed by atoms with E-state index in [1.807, 2.05) is 13.8 Å². The van der Waals surface area contributed by atoms with Gasteiger partial charge in [-0.05, 0) is 51.0 Å². The number of aromatic nitrogens is 3. The largest absolute Gasteiger partial charge is 0.345 e. The topological polar surface area (TPSA) is 97.5 Å². The van der Waals surface area contributed by atoms with E-state index in [9.17, 15) is 18.0 Å². The van der Waals surface area contributed by atoms with Gasteiger partial charge in [0.2, 0.25) is 10.0 Å². The summed E-state index contributed by atoms with van der Waals surface area (Å²) in [6, 6.07) is 6.00. The van der Waals surface area contributed by atoms with E-state index in [2.05, 4.69) is 5.10 Å². The lowest BCUT2D eigenvalue weighted by molar-refractivity contribution is 0.0702. The molecular weight excluding hydrogens is 406 g/mol. The van der Waals surface area contributed by atoms with Gasteiger partial charge in [0.1, 0.15) is 5.82 Å². The van der Waals surface area contributed by atoms with Crippen LogP contribution in [0.5, 0.6) is 0 Å². The molecule has 1 unspecified atom stereocenters. The van der Waals surface area contributed by atoms with E-state index in [-0.39, 0.29) is 28.5 Å². The van der Waals surface area contributed by atoms with E-state index in [1.54, 1.807) is 28.6 Å². The van der Waals surface area contributed by atoms with Crippen LogP contribution < -0.4 is 5.69 Å². The van der Waals surface area contributed by atoms with Crippen LogP contribution in [-0.2, 0) is 17.1 Å². The quantitative estimate of drug-likeness (QED) is 0.708. The highest BCUT2D eigenvalue weighted by molar-refractivity contribution is 7.89. The first kappa shape index (κ1) is 22.2. The van der Waals surface area contributed by atoms with E-state index in [0.29, 0.717) is 24.5 Å². The molecule has 10 heteroatoms. The normalized spacial score (nSPS) is 17.7. The molecule has 3 rings (SSSR count). The number of piperidine rings is 1. The molecule has 0 radical (unpaired) electrons. The van der Waals surface area contributed by atoms with Crippen LogP contribution in [0, 0.1) is 0 Å². The second kappa shape index (κ2) is 8.35. The van der Waals surface area contributed by atoms with Crippen LogP contribution in [0.1, 0.15) is 54.8 Å². The predicted octanol–water partition coefficient (Wildman–Crippen LogP) is 1.43. The number of carbonyl (C=O) groups excluding carboxylic acids is 1. The van der Waals surface area contributed by atoms with Gasteiger partial charge in [-0.2, -0.15) is 5.10 Å². The fourth-order valence-corrected chi connectivity index (χ4v) is 4.70. The fraction of sp³-hybridized carbons (Fsp3) is 0.550. The standard InChI is InChI=1S/C20H29N5O4S/c1-14(2)25-18(21-23(5)20(25)27)16-7-6-12-24(13-16)19(26)15-8-10-17(11-9-15)30(28,29)22(3)4/h8-11,14,16H,6-7,12-13H2,1-5H3. The van der Waals surface area contributed by atoms with Crippen molar-refractivity contribution in [2.45, 2.75) is 43.5 Å². The minimum atomic E-state index is -3.54. The molecule has 1 fully saturated rings. The van der Waals surface area contributed by atoms with Crippen LogP contribution in [-0.4, -0.2) is 65.1 Å². The lowest BCUT2D eigenvalue weighted by Crippen LogP contribution is -2.40. The van der Waals surface area contributed by atoms with Crippen LogP contribution in [0.15, 0.2) is 34.0 Å². The Labute approximate surface area is 177 Å². The molecule has 164 valence electrons. The Kier molecular flexibility index (Phi) is 6.19. The number of amides is 1. The van der Waals surface area contributed by atoms with Crippen molar-refractivity contribution in [3.63, 3.8) is 0 Å². The number of rotatable bonds is 5. The summed E-state index contributed by atoms with van der Waals surface area (Å²) in [7, 11) is 1.04. The third-order valence-electron chi connectivity index (χ3n) is 5.45. The molecule has 1 aliphatic rings. The van der Waals surface area contributed by atoms with Gasteiger partial charge < -0.3 is 4.90 Å². The second-order valence-corrected chi connectivity index (χ2v) is 10.3. The zero-order valence-electron chi connectivity index (χ0n) is 18.1. The monoisotopic (exact) mass is 435 g/mol. The highest BCUT2D eigenvalue weighted by Gasteiger charge is 2.30. The van der Waals surface area contributed by atoms with Crippen molar-refractivity contribution < 1.29 is 13.2 Å². The SMILES string of the molecule is CC(C)n1c(C2CCCN(C(=O)c3ccc(S(=O)(=O)N(C)C)cc3)C2)nn(C)c1=O. The van der Waals surface area contributed by atoms with E-state index in [4.69, 9.17) is 0 Å². The van der Waals surface area contributed by atoms with Gasteiger partial charge in [-0.15, -0.1) is 0 Å². The molecule has 1 amide bonds. The fourth-order valence-electron chi connectivity index (χ4n) is 3.80. The van der Waals surface area contributed by atoms with E-state index < -0.39 is 10.0 Å². The van der Waals surface area contributed by atoms with Crippen molar-refractivity contribution in [2.75, 3.05) is 27.2 Å². The van der Waals surface area contributed by atoms with Gasteiger partial charge in [0, 0.05) is 51.8 Å². The smallest absolute Gasteiger partial charge is 0.338 e. The lowest BCUT2D eigenvalue weighted by atomic mass is 9.96. The minimum absolute atomic E-state index is 0.0153. The first-order chi connectivity index (χ1) is 14.0. The molecule has 0 N–H and O–H groups in total. The summed E-state index contributed by atoms with van der Waals surface area (Å²) in [5, 5.41) is 4.43. The molecule has 1 saturated heterocycles. The lowest BCUT2D eigenvalue weighted by Gasteiger charge is -2.32. The summed E-state index contributed by atoms with van der Waals surface area (Å²) >= 11 is 0. The van der Waals surface area contributed by atoms with Gasteiger partial charge in [-0.1, -0.05) is 0 Å². The van der Waals surface area contributed by atoms with Gasteiger partial charge in [0.05, 0.1) is 4.90 Å². The molecule has 2 heterocycles. The van der Waals surface area contributed by atoms with Crippen LogP contribution in [0.25, 0.3) is 0 Å². The number of hydrogen-bond donors (Lipinski definition) is 0. The Balaban J connectivity index is 1.82. The van der Waals surface area contributed by atoms with Crippen molar-refractivity contribution in [3.05, 3.63) is 46.1 Å². The molecule has 1 aromatic carbocycles. The van der Waals surface area contributed by atoms with E-state index >= 15 is 0 Å². The first-order valence-corrected chi connectivity index (χ1v) is 11.4.